The number of hydrogen-bond acceptors (Lipinski definition) is 5. The van der Waals surface area contributed by atoms with Gasteiger partial charge in [-0.3, -0.25) is 14.4 Å². The molecule has 7 heteroatoms. The third kappa shape index (κ3) is 4.08. The smallest absolute Gasteiger partial charge is 0.410 e. The van der Waals surface area contributed by atoms with Gasteiger partial charge in [-0.25, -0.2) is 4.79 Å². The van der Waals surface area contributed by atoms with E-state index < -0.39 is 17.7 Å². The number of Topliss-reactive ketones (excluding diaryl/α,β-unsaturated/α-hetero) is 2. The van der Waals surface area contributed by atoms with Crippen molar-refractivity contribution in [2.24, 2.45) is 0 Å². The Kier molecular flexibility index (Phi) is 5.28. The van der Waals surface area contributed by atoms with E-state index in [-0.39, 0.29) is 25.3 Å². The van der Waals surface area contributed by atoms with Gasteiger partial charge in [0.1, 0.15) is 11.4 Å². The Hall–Kier alpha value is -2.70. The number of carbonyl (C=O) groups excluding carboxylic acids is 4. The monoisotopic (exact) mass is 388 g/mol. The third-order valence-corrected chi connectivity index (χ3v) is 5.02. The van der Waals surface area contributed by atoms with Crippen molar-refractivity contribution in [3.8, 4) is 0 Å². The molecular weight excluding hydrogens is 360 g/mol. The van der Waals surface area contributed by atoms with E-state index in [1.807, 2.05) is 6.07 Å². The van der Waals surface area contributed by atoms with E-state index in [1.165, 1.54) is 4.90 Å². The van der Waals surface area contributed by atoms with Crippen molar-refractivity contribution in [3.63, 3.8) is 0 Å². The van der Waals surface area contributed by atoms with Crippen LogP contribution in [-0.2, 0) is 27.4 Å². The lowest BCUT2D eigenvalue weighted by Gasteiger charge is -2.29. The highest BCUT2D eigenvalue weighted by Gasteiger charge is 2.39. The Morgan fingerprint density at radius 2 is 2.00 bits per heavy atom. The van der Waals surface area contributed by atoms with Gasteiger partial charge < -0.3 is 14.5 Å². The molecule has 1 atom stereocenters. The Labute approximate surface area is 166 Å². The number of ketones is 2. The van der Waals surface area contributed by atoms with E-state index in [4.69, 9.17) is 4.74 Å². The molecule has 1 fully saturated rings. The fourth-order valence-corrected chi connectivity index (χ4v) is 3.67. The van der Waals surface area contributed by atoms with Crippen LogP contribution in [0.25, 0.3) is 0 Å². The highest BCUT2D eigenvalue weighted by Crippen LogP contribution is 2.31. The van der Waals surface area contributed by atoms with Gasteiger partial charge in [0.15, 0.2) is 5.78 Å². The largest absolute Gasteiger partial charge is 0.444 e. The second-order valence-electron chi connectivity index (χ2n) is 8.45. The lowest BCUT2D eigenvalue weighted by atomic mass is 9.92. The summed E-state index contributed by atoms with van der Waals surface area (Å²) in [6.45, 7) is 6.04. The predicted octanol–water partition coefficient (Wildman–Crippen LogP) is 2.95. The molecular formula is C21H28N2O5. The number of carbonyl (C=O) groups is 4. The molecule has 28 heavy (non-hydrogen) atoms. The predicted molar refractivity (Wildman–Crippen MR) is 104 cm³/mol. The maximum absolute atomic E-state index is 12.9. The number of rotatable bonds is 3. The molecule has 0 spiro atoms. The van der Waals surface area contributed by atoms with E-state index in [2.05, 4.69) is 0 Å². The van der Waals surface area contributed by atoms with Crippen LogP contribution in [0.5, 0.6) is 0 Å². The Bertz CT molecular complexity index is 846. The second-order valence-corrected chi connectivity index (χ2v) is 8.45. The summed E-state index contributed by atoms with van der Waals surface area (Å²) < 4.78 is 5.39. The molecule has 0 N–H and O–H groups in total. The molecule has 1 aromatic carbocycles. The van der Waals surface area contributed by atoms with Crippen molar-refractivity contribution < 1.29 is 25.3 Å². The number of fused-ring (bicyclic) bond motifs is 1. The number of hydrogen-bond donors (Lipinski definition) is 0. The normalized spacial score (nSPS) is 19.6. The molecule has 0 radical (unpaired) electrons. The summed E-state index contributed by atoms with van der Waals surface area (Å²) in [6, 6.07) is 4.86. The minimum atomic E-state index is -0.588. The van der Waals surface area contributed by atoms with Gasteiger partial charge in [0.2, 0.25) is 0 Å². The number of amides is 2. The highest BCUT2D eigenvalue weighted by molar-refractivity contribution is 6.07. The molecule has 3 rings (SSSR count). The molecule has 0 aromatic heterocycles. The summed E-state index contributed by atoms with van der Waals surface area (Å²) in [4.78, 5) is 52.0. The van der Waals surface area contributed by atoms with E-state index in [0.717, 1.165) is 11.1 Å². The van der Waals surface area contributed by atoms with Gasteiger partial charge in [0, 0.05) is 33.5 Å². The topological polar surface area (TPSA) is 84.0 Å². The zero-order valence-corrected chi connectivity index (χ0v) is 16.8. The van der Waals surface area contributed by atoms with Crippen LogP contribution < -0.4 is 0 Å². The first kappa shape index (κ1) is 20.0. The van der Waals surface area contributed by atoms with Gasteiger partial charge in [0.05, 0.1) is 12.5 Å². The Morgan fingerprint density at radius 1 is 1.29 bits per heavy atom. The lowest BCUT2D eigenvalue weighted by Crippen LogP contribution is -2.44. The van der Waals surface area contributed by atoms with Crippen LogP contribution in [0.1, 0.15) is 62.9 Å². The third-order valence-electron chi connectivity index (χ3n) is 5.02. The molecule has 1 aliphatic carbocycles. The van der Waals surface area contributed by atoms with Crippen LogP contribution in [0.2, 0.25) is 0 Å². The van der Waals surface area contributed by atoms with Crippen molar-refractivity contribution in [3.05, 3.63) is 34.9 Å². The first-order chi connectivity index (χ1) is 13.1. The zero-order valence-electron chi connectivity index (χ0n) is 16.8. The molecule has 1 heterocycles. The molecule has 1 saturated carbocycles. The highest BCUT2D eigenvalue weighted by atomic mass is 16.6. The molecule has 2 amide bonds. The van der Waals surface area contributed by atoms with Crippen LogP contribution >= 0.6 is 0 Å². The molecule has 0 saturated heterocycles. The molecule has 0 bridgehead atoms. The van der Waals surface area contributed by atoms with Gasteiger partial charge in [-0.1, -0.05) is 12.1 Å². The van der Waals surface area contributed by atoms with Crippen LogP contribution in [0.15, 0.2) is 18.2 Å². The summed E-state index contributed by atoms with van der Waals surface area (Å²) in [5.41, 5.74) is 1.64. The van der Waals surface area contributed by atoms with Crippen molar-refractivity contribution in [2.45, 2.75) is 64.8 Å². The zero-order chi connectivity index (χ0) is 20.6. The number of ether oxygens (including phenoxy) is 1. The summed E-state index contributed by atoms with van der Waals surface area (Å²) >= 11 is 0. The van der Waals surface area contributed by atoms with E-state index in [0.29, 0.717) is 31.5 Å². The van der Waals surface area contributed by atoms with Crippen molar-refractivity contribution in [2.75, 3.05) is 7.05 Å². The quantitative estimate of drug-likeness (QED) is 0.744. The van der Waals surface area contributed by atoms with Gasteiger partial charge >= 0.3 is 6.09 Å². The van der Waals surface area contributed by atoms with Gasteiger partial charge in [-0.2, -0.15) is 0 Å². The van der Waals surface area contributed by atoms with Gasteiger partial charge in [-0.05, 0) is 44.4 Å². The summed E-state index contributed by atoms with van der Waals surface area (Å²) in [6.07, 6.45) is 0.168. The summed E-state index contributed by atoms with van der Waals surface area (Å²) in [5, 5.41) is 0. The van der Waals surface area contributed by atoms with Crippen LogP contribution in [0.4, 0.5) is 4.79 Å². The van der Waals surface area contributed by atoms with Crippen molar-refractivity contribution >= 4 is 23.6 Å². The number of nitrogens with zero attached hydrogens (tertiary/aromatic N) is 2. The van der Waals surface area contributed by atoms with Crippen LogP contribution in [0, 0.1) is 0 Å². The van der Waals surface area contributed by atoms with Crippen LogP contribution in [-0.4, -0.2) is 52.1 Å². The van der Waals surface area contributed by atoms with E-state index in [9.17, 15) is 19.2 Å². The second kappa shape index (κ2) is 7.37. The minimum Gasteiger partial charge on any atom is -0.444 e. The standard InChI is InChI=1S/C21H26N2O5.H2/c1-21(2,3)28-20(27)22(4)11-13-6-5-7-15-16(13)12-23(19(15)26)17-9-8-14(24)10-18(17)25;/h5-7,17H,8-12H2,1-4H3;1H. The minimum absolute atomic E-state index is 0. The fourth-order valence-electron chi connectivity index (χ4n) is 3.67. The average molecular weight is 388 g/mol. The van der Waals surface area contributed by atoms with E-state index in [1.54, 1.807) is 44.9 Å². The average Bonchev–Trinajstić information content (AvgIpc) is 2.91. The maximum Gasteiger partial charge on any atom is 0.410 e. The fraction of sp³-hybridized carbons (Fsp3) is 0.524. The van der Waals surface area contributed by atoms with Crippen molar-refractivity contribution in [1.82, 2.24) is 9.80 Å². The summed E-state index contributed by atoms with van der Waals surface area (Å²) in [7, 11) is 1.65. The molecule has 1 aromatic rings. The number of benzene rings is 1. The van der Waals surface area contributed by atoms with Gasteiger partial charge in [-0.15, -0.1) is 0 Å². The molecule has 152 valence electrons. The molecule has 1 unspecified atom stereocenters. The van der Waals surface area contributed by atoms with Crippen molar-refractivity contribution in [1.29, 1.82) is 0 Å². The van der Waals surface area contributed by atoms with Crippen LogP contribution in [0.3, 0.4) is 0 Å². The molecule has 1 aliphatic heterocycles. The Balaban J connectivity index is 0.00000300. The SMILES string of the molecule is CN(Cc1cccc2c1CN(C1CCC(=O)CC1=O)C2=O)C(=O)OC(C)(C)C.[HH]. The van der Waals surface area contributed by atoms with E-state index >= 15 is 0 Å². The first-order valence-corrected chi connectivity index (χ1v) is 9.47. The summed E-state index contributed by atoms with van der Waals surface area (Å²) in [5.74, 6) is -0.445. The molecule has 7 nitrogen and oxygen atoms in total. The molecule has 2 aliphatic rings. The lowest BCUT2D eigenvalue weighted by molar-refractivity contribution is -0.133. The maximum atomic E-state index is 12.9. The van der Waals surface area contributed by atoms with Gasteiger partial charge in [0.25, 0.3) is 5.91 Å². The first-order valence-electron chi connectivity index (χ1n) is 9.47. The Morgan fingerprint density at radius 3 is 2.64 bits per heavy atom.